The number of ether oxygens (including phenoxy) is 1. The van der Waals surface area contributed by atoms with E-state index in [9.17, 15) is 0 Å². The van der Waals surface area contributed by atoms with Crippen LogP contribution in [0.2, 0.25) is 0 Å². The molecule has 0 unspecified atom stereocenters. The summed E-state index contributed by atoms with van der Waals surface area (Å²) in [6, 6.07) is 11.9. The Labute approximate surface area is 127 Å². The summed E-state index contributed by atoms with van der Waals surface area (Å²) in [5.74, 6) is 7.09. The highest BCUT2D eigenvalue weighted by atomic mass is 16.5. The molecule has 21 heavy (non-hydrogen) atoms. The first-order valence-corrected chi connectivity index (χ1v) is 7.51. The molecule has 0 spiro atoms. The molecule has 0 fully saturated rings. The largest absolute Gasteiger partial charge is 0.494 e. The number of nitrogens with zero attached hydrogens (tertiary/aromatic N) is 1. The van der Waals surface area contributed by atoms with Crippen molar-refractivity contribution in [2.45, 2.75) is 33.1 Å². The van der Waals surface area contributed by atoms with E-state index in [0.29, 0.717) is 6.61 Å². The fourth-order valence-corrected chi connectivity index (χ4v) is 1.96. The standard InChI is InChI=1S/C19H21NO/c1-3-5-6-17-8-12-18(20-15-17)11-7-16-9-13-19(14-10-16)21-4-2/h8-10,12-15H,3-6H2,1-2H3. The number of rotatable bonds is 5. The molecule has 0 aliphatic carbocycles. The van der Waals surface area contributed by atoms with Crippen LogP contribution in [0.25, 0.3) is 0 Å². The highest BCUT2D eigenvalue weighted by Crippen LogP contribution is 2.11. The van der Waals surface area contributed by atoms with Gasteiger partial charge in [0, 0.05) is 11.8 Å². The molecule has 108 valence electrons. The second-order valence-electron chi connectivity index (χ2n) is 4.86. The quantitative estimate of drug-likeness (QED) is 0.764. The Hall–Kier alpha value is -2.27. The van der Waals surface area contributed by atoms with E-state index in [1.165, 1.54) is 18.4 Å². The number of hydrogen-bond donors (Lipinski definition) is 0. The van der Waals surface area contributed by atoms with Crippen molar-refractivity contribution < 1.29 is 4.74 Å². The van der Waals surface area contributed by atoms with E-state index in [-0.39, 0.29) is 0 Å². The molecule has 0 aliphatic heterocycles. The predicted octanol–water partition coefficient (Wildman–Crippen LogP) is 4.22. The Kier molecular flexibility index (Phi) is 5.84. The van der Waals surface area contributed by atoms with Gasteiger partial charge in [0.1, 0.15) is 11.4 Å². The first-order valence-electron chi connectivity index (χ1n) is 7.51. The molecule has 2 aromatic rings. The summed E-state index contributed by atoms with van der Waals surface area (Å²) in [6.07, 6.45) is 5.44. The molecule has 2 heteroatoms. The molecule has 0 amide bonds. The van der Waals surface area contributed by atoms with Crippen molar-refractivity contribution in [2.75, 3.05) is 6.61 Å². The number of aryl methyl sites for hydroxylation is 1. The lowest BCUT2D eigenvalue weighted by Crippen LogP contribution is -1.90. The van der Waals surface area contributed by atoms with Crippen LogP contribution in [0.1, 0.15) is 43.5 Å². The first-order chi connectivity index (χ1) is 10.3. The summed E-state index contributed by atoms with van der Waals surface area (Å²) < 4.78 is 5.41. The smallest absolute Gasteiger partial charge is 0.119 e. The van der Waals surface area contributed by atoms with E-state index < -0.39 is 0 Å². The van der Waals surface area contributed by atoms with Gasteiger partial charge in [-0.15, -0.1) is 0 Å². The van der Waals surface area contributed by atoms with Crippen molar-refractivity contribution in [3.63, 3.8) is 0 Å². The molecule has 1 heterocycles. The van der Waals surface area contributed by atoms with Crippen LogP contribution in [0.15, 0.2) is 42.6 Å². The summed E-state index contributed by atoms with van der Waals surface area (Å²) in [7, 11) is 0. The van der Waals surface area contributed by atoms with E-state index >= 15 is 0 Å². The lowest BCUT2D eigenvalue weighted by Gasteiger charge is -2.01. The second-order valence-corrected chi connectivity index (χ2v) is 4.86. The Morgan fingerprint density at radius 3 is 2.43 bits per heavy atom. The van der Waals surface area contributed by atoms with Gasteiger partial charge in [0.15, 0.2) is 0 Å². The van der Waals surface area contributed by atoms with Gasteiger partial charge in [0.25, 0.3) is 0 Å². The average Bonchev–Trinajstić information content (AvgIpc) is 2.53. The molecule has 2 nitrogen and oxygen atoms in total. The minimum atomic E-state index is 0.680. The van der Waals surface area contributed by atoms with E-state index in [1.54, 1.807) is 0 Å². The fourth-order valence-electron chi connectivity index (χ4n) is 1.96. The van der Waals surface area contributed by atoms with Crippen LogP contribution in [-0.2, 0) is 6.42 Å². The Morgan fingerprint density at radius 2 is 1.81 bits per heavy atom. The van der Waals surface area contributed by atoms with Crippen LogP contribution >= 0.6 is 0 Å². The van der Waals surface area contributed by atoms with Crippen LogP contribution in [0.4, 0.5) is 0 Å². The third-order valence-corrected chi connectivity index (χ3v) is 3.14. The molecule has 0 bridgehead atoms. The second kappa shape index (κ2) is 8.11. The Morgan fingerprint density at radius 1 is 1.00 bits per heavy atom. The zero-order valence-corrected chi connectivity index (χ0v) is 12.7. The highest BCUT2D eigenvalue weighted by Gasteiger charge is 1.94. The number of hydrogen-bond acceptors (Lipinski definition) is 2. The van der Waals surface area contributed by atoms with Crippen LogP contribution in [-0.4, -0.2) is 11.6 Å². The van der Waals surface area contributed by atoms with Gasteiger partial charge in [-0.25, -0.2) is 4.98 Å². The van der Waals surface area contributed by atoms with E-state index in [4.69, 9.17) is 4.74 Å². The van der Waals surface area contributed by atoms with Gasteiger partial charge in [0.2, 0.25) is 0 Å². The van der Waals surface area contributed by atoms with Gasteiger partial charge < -0.3 is 4.74 Å². The summed E-state index contributed by atoms with van der Waals surface area (Å²) in [6.45, 7) is 4.85. The molecular formula is C19H21NO. The molecule has 0 radical (unpaired) electrons. The topological polar surface area (TPSA) is 22.1 Å². The van der Waals surface area contributed by atoms with Gasteiger partial charge in [-0.05, 0) is 61.6 Å². The summed E-state index contributed by atoms with van der Waals surface area (Å²) >= 11 is 0. The number of unbranched alkanes of at least 4 members (excludes halogenated alkanes) is 1. The molecule has 1 aromatic heterocycles. The number of benzene rings is 1. The zero-order valence-electron chi connectivity index (χ0n) is 12.7. The van der Waals surface area contributed by atoms with Crippen LogP contribution in [0, 0.1) is 11.8 Å². The number of aromatic nitrogens is 1. The van der Waals surface area contributed by atoms with E-state index in [2.05, 4.69) is 29.8 Å². The molecule has 0 atom stereocenters. The van der Waals surface area contributed by atoms with E-state index in [1.807, 2.05) is 43.5 Å². The van der Waals surface area contributed by atoms with Crippen LogP contribution < -0.4 is 4.74 Å². The van der Waals surface area contributed by atoms with Crippen molar-refractivity contribution in [1.82, 2.24) is 4.98 Å². The molecule has 0 aliphatic rings. The van der Waals surface area contributed by atoms with Gasteiger partial charge >= 0.3 is 0 Å². The minimum Gasteiger partial charge on any atom is -0.494 e. The molecule has 0 saturated heterocycles. The molecule has 1 aromatic carbocycles. The average molecular weight is 279 g/mol. The monoisotopic (exact) mass is 279 g/mol. The fraction of sp³-hybridized carbons (Fsp3) is 0.316. The van der Waals surface area contributed by atoms with Crippen molar-refractivity contribution >= 4 is 0 Å². The predicted molar refractivity (Wildman–Crippen MR) is 86.4 cm³/mol. The van der Waals surface area contributed by atoms with Crippen molar-refractivity contribution in [3.8, 4) is 17.6 Å². The summed E-state index contributed by atoms with van der Waals surface area (Å²) in [4.78, 5) is 4.40. The minimum absolute atomic E-state index is 0.680. The zero-order chi connectivity index (χ0) is 14.9. The van der Waals surface area contributed by atoms with Gasteiger partial charge in [-0.2, -0.15) is 0 Å². The normalized spacial score (nSPS) is 9.81. The maximum atomic E-state index is 5.41. The van der Waals surface area contributed by atoms with Gasteiger partial charge in [0.05, 0.1) is 6.61 Å². The maximum Gasteiger partial charge on any atom is 0.119 e. The van der Waals surface area contributed by atoms with E-state index in [0.717, 1.165) is 23.4 Å². The van der Waals surface area contributed by atoms with Crippen molar-refractivity contribution in [1.29, 1.82) is 0 Å². The first kappa shape index (κ1) is 15.1. The molecule has 0 N–H and O–H groups in total. The molecular weight excluding hydrogens is 258 g/mol. The SMILES string of the molecule is CCCCc1ccc(C#Cc2ccc(OCC)cc2)nc1. The maximum absolute atomic E-state index is 5.41. The summed E-state index contributed by atoms with van der Waals surface area (Å²) in [5.41, 5.74) is 3.06. The van der Waals surface area contributed by atoms with Crippen LogP contribution in [0.3, 0.4) is 0 Å². The van der Waals surface area contributed by atoms with Crippen molar-refractivity contribution in [2.24, 2.45) is 0 Å². The molecule has 2 rings (SSSR count). The van der Waals surface area contributed by atoms with Crippen LogP contribution in [0.5, 0.6) is 5.75 Å². The molecule has 0 saturated carbocycles. The Bertz CT molecular complexity index is 603. The highest BCUT2D eigenvalue weighted by molar-refractivity contribution is 5.42. The van der Waals surface area contributed by atoms with Gasteiger partial charge in [-0.1, -0.05) is 25.3 Å². The third-order valence-electron chi connectivity index (χ3n) is 3.14. The lowest BCUT2D eigenvalue weighted by molar-refractivity contribution is 0.340. The summed E-state index contributed by atoms with van der Waals surface area (Å²) in [5, 5.41) is 0. The lowest BCUT2D eigenvalue weighted by atomic mass is 10.1. The third kappa shape index (κ3) is 4.96. The number of pyridine rings is 1. The van der Waals surface area contributed by atoms with Gasteiger partial charge in [-0.3, -0.25) is 0 Å². The Balaban J connectivity index is 2.01. The van der Waals surface area contributed by atoms with Crippen molar-refractivity contribution in [3.05, 3.63) is 59.4 Å².